The number of nitrogens with two attached hydrogens (primary N) is 1. The Bertz CT molecular complexity index is 590. The predicted octanol–water partition coefficient (Wildman–Crippen LogP) is 4.07. The van der Waals surface area contributed by atoms with Gasteiger partial charge in [0.1, 0.15) is 0 Å². The maximum Gasteiger partial charge on any atom is 0.230 e. The molecule has 2 unspecified atom stereocenters. The maximum atomic E-state index is 13.0. The third kappa shape index (κ3) is 3.51. The first-order chi connectivity index (χ1) is 11.5. The van der Waals surface area contributed by atoms with E-state index in [1.165, 1.54) is 30.4 Å². The molecule has 2 atom stereocenters. The van der Waals surface area contributed by atoms with Gasteiger partial charge in [-0.3, -0.25) is 4.79 Å². The van der Waals surface area contributed by atoms with Crippen molar-refractivity contribution in [2.45, 2.75) is 77.8 Å². The van der Waals surface area contributed by atoms with Crippen LogP contribution in [-0.4, -0.2) is 18.0 Å². The van der Waals surface area contributed by atoms with Crippen molar-refractivity contribution in [3.05, 3.63) is 29.3 Å². The fraction of sp³-hybridized carbons (Fsp3) is 0.667. The minimum absolute atomic E-state index is 0.196. The van der Waals surface area contributed by atoms with E-state index in [0.717, 1.165) is 31.4 Å². The molecule has 1 aromatic carbocycles. The standard InChI is InChI=1S/C21H32N2O/c1-14(2)19(22)13-16-9-10-20-18(12-16)11-15(3)23(20)21(24)17-7-5-4-6-8-17/h9-10,12,14-15,17,19H,4-8,11,13,22H2,1-3H3. The van der Waals surface area contributed by atoms with Crippen molar-refractivity contribution in [1.29, 1.82) is 0 Å². The molecule has 1 aliphatic heterocycles. The van der Waals surface area contributed by atoms with Crippen LogP contribution in [0.15, 0.2) is 18.2 Å². The molecule has 24 heavy (non-hydrogen) atoms. The number of hydrogen-bond donors (Lipinski definition) is 1. The summed E-state index contributed by atoms with van der Waals surface area (Å²) < 4.78 is 0. The SMILES string of the molecule is CC(C)C(N)Cc1ccc2c(c1)CC(C)N2C(=O)C1CCCCC1. The van der Waals surface area contributed by atoms with Gasteiger partial charge in [-0.1, -0.05) is 45.2 Å². The van der Waals surface area contributed by atoms with Gasteiger partial charge >= 0.3 is 0 Å². The summed E-state index contributed by atoms with van der Waals surface area (Å²) in [7, 11) is 0. The Kier molecular flexibility index (Phi) is 5.29. The van der Waals surface area contributed by atoms with Crippen LogP contribution in [-0.2, 0) is 17.6 Å². The van der Waals surface area contributed by atoms with E-state index in [4.69, 9.17) is 5.73 Å². The monoisotopic (exact) mass is 328 g/mol. The minimum atomic E-state index is 0.196. The number of amides is 1. The molecule has 1 fully saturated rings. The van der Waals surface area contributed by atoms with Crippen LogP contribution in [0.3, 0.4) is 0 Å². The molecule has 2 N–H and O–H groups in total. The highest BCUT2D eigenvalue weighted by Crippen LogP contribution is 2.36. The summed E-state index contributed by atoms with van der Waals surface area (Å²) in [6.45, 7) is 6.52. The lowest BCUT2D eigenvalue weighted by Crippen LogP contribution is -2.40. The highest BCUT2D eigenvalue weighted by atomic mass is 16.2. The molecule has 1 amide bonds. The first-order valence-electron chi connectivity index (χ1n) is 9.68. The molecule has 0 saturated heterocycles. The van der Waals surface area contributed by atoms with Gasteiger partial charge in [-0.25, -0.2) is 0 Å². The molecule has 1 aliphatic carbocycles. The van der Waals surface area contributed by atoms with Crippen LogP contribution in [0, 0.1) is 11.8 Å². The largest absolute Gasteiger partial charge is 0.327 e. The molecule has 0 aromatic heterocycles. The third-order valence-electron chi connectivity index (χ3n) is 5.88. The summed E-state index contributed by atoms with van der Waals surface area (Å²) in [5, 5.41) is 0. The van der Waals surface area contributed by atoms with Crippen molar-refractivity contribution in [3.63, 3.8) is 0 Å². The van der Waals surface area contributed by atoms with Gasteiger partial charge in [0.2, 0.25) is 5.91 Å². The second-order valence-corrected chi connectivity index (χ2v) is 8.17. The fourth-order valence-electron chi connectivity index (χ4n) is 4.20. The molecule has 3 heteroatoms. The molecular weight excluding hydrogens is 296 g/mol. The van der Waals surface area contributed by atoms with Gasteiger partial charge in [0, 0.05) is 23.7 Å². The Labute approximate surface area is 146 Å². The number of rotatable bonds is 4. The lowest BCUT2D eigenvalue weighted by Gasteiger charge is -2.29. The Morgan fingerprint density at radius 2 is 1.96 bits per heavy atom. The van der Waals surface area contributed by atoms with E-state index in [9.17, 15) is 4.79 Å². The molecule has 2 aliphatic rings. The molecule has 0 radical (unpaired) electrons. The van der Waals surface area contributed by atoms with Gasteiger partial charge in [-0.05, 0) is 55.7 Å². The molecule has 3 nitrogen and oxygen atoms in total. The number of carbonyl (C=O) groups is 1. The van der Waals surface area contributed by atoms with Crippen LogP contribution in [0.1, 0.15) is 64.0 Å². The number of hydrogen-bond acceptors (Lipinski definition) is 2. The molecule has 1 aromatic rings. The first kappa shape index (κ1) is 17.5. The molecule has 1 saturated carbocycles. The van der Waals surface area contributed by atoms with Gasteiger partial charge in [0.15, 0.2) is 0 Å². The lowest BCUT2D eigenvalue weighted by molar-refractivity contribution is -0.123. The highest BCUT2D eigenvalue weighted by molar-refractivity contribution is 5.97. The van der Waals surface area contributed by atoms with Crippen LogP contribution >= 0.6 is 0 Å². The van der Waals surface area contributed by atoms with Crippen molar-refractivity contribution in [2.24, 2.45) is 17.6 Å². The van der Waals surface area contributed by atoms with Crippen molar-refractivity contribution < 1.29 is 4.79 Å². The van der Waals surface area contributed by atoms with E-state index in [0.29, 0.717) is 11.8 Å². The van der Waals surface area contributed by atoms with Crippen LogP contribution in [0.5, 0.6) is 0 Å². The molecule has 0 bridgehead atoms. The zero-order valence-electron chi connectivity index (χ0n) is 15.4. The van der Waals surface area contributed by atoms with E-state index in [-0.39, 0.29) is 18.0 Å². The maximum absolute atomic E-state index is 13.0. The Morgan fingerprint density at radius 3 is 2.62 bits per heavy atom. The summed E-state index contributed by atoms with van der Waals surface area (Å²) in [5.74, 6) is 1.08. The summed E-state index contributed by atoms with van der Waals surface area (Å²) in [4.78, 5) is 15.1. The van der Waals surface area contributed by atoms with E-state index >= 15 is 0 Å². The van der Waals surface area contributed by atoms with Gasteiger partial charge in [-0.15, -0.1) is 0 Å². The predicted molar refractivity (Wildman–Crippen MR) is 100 cm³/mol. The zero-order chi connectivity index (χ0) is 17.3. The zero-order valence-corrected chi connectivity index (χ0v) is 15.4. The van der Waals surface area contributed by atoms with Gasteiger partial charge in [-0.2, -0.15) is 0 Å². The van der Waals surface area contributed by atoms with Crippen LogP contribution in [0.2, 0.25) is 0 Å². The third-order valence-corrected chi connectivity index (χ3v) is 5.88. The average molecular weight is 329 g/mol. The summed E-state index contributed by atoms with van der Waals surface area (Å²) in [6.07, 6.45) is 7.72. The molecule has 0 spiro atoms. The number of nitrogens with zero attached hydrogens (tertiary/aromatic N) is 1. The summed E-state index contributed by atoms with van der Waals surface area (Å²) >= 11 is 0. The quantitative estimate of drug-likeness (QED) is 0.905. The van der Waals surface area contributed by atoms with E-state index in [1.54, 1.807) is 0 Å². The van der Waals surface area contributed by atoms with Crippen molar-refractivity contribution in [2.75, 3.05) is 4.90 Å². The fourth-order valence-corrected chi connectivity index (χ4v) is 4.20. The van der Waals surface area contributed by atoms with Crippen LogP contribution in [0.4, 0.5) is 5.69 Å². The van der Waals surface area contributed by atoms with E-state index in [2.05, 4.69) is 43.9 Å². The molecular formula is C21H32N2O. The first-order valence-corrected chi connectivity index (χ1v) is 9.68. The second-order valence-electron chi connectivity index (χ2n) is 8.17. The smallest absolute Gasteiger partial charge is 0.230 e. The molecule has 132 valence electrons. The normalized spacial score (nSPS) is 22.7. The van der Waals surface area contributed by atoms with Gasteiger partial charge < -0.3 is 10.6 Å². The van der Waals surface area contributed by atoms with Crippen molar-refractivity contribution in [1.82, 2.24) is 0 Å². The topological polar surface area (TPSA) is 46.3 Å². The van der Waals surface area contributed by atoms with E-state index < -0.39 is 0 Å². The Hall–Kier alpha value is -1.35. The van der Waals surface area contributed by atoms with Crippen LogP contribution in [0.25, 0.3) is 0 Å². The van der Waals surface area contributed by atoms with Crippen molar-refractivity contribution in [3.8, 4) is 0 Å². The van der Waals surface area contributed by atoms with Crippen LogP contribution < -0.4 is 10.6 Å². The van der Waals surface area contributed by atoms with Crippen molar-refractivity contribution >= 4 is 11.6 Å². The highest BCUT2D eigenvalue weighted by Gasteiger charge is 2.35. The number of carbonyl (C=O) groups excluding carboxylic acids is 1. The average Bonchev–Trinajstić information content (AvgIpc) is 2.89. The Balaban J connectivity index is 1.77. The van der Waals surface area contributed by atoms with Gasteiger partial charge in [0.05, 0.1) is 0 Å². The summed E-state index contributed by atoms with van der Waals surface area (Å²) in [6, 6.07) is 7.08. The Morgan fingerprint density at radius 1 is 1.25 bits per heavy atom. The second kappa shape index (κ2) is 7.26. The number of fused-ring (bicyclic) bond motifs is 1. The number of anilines is 1. The summed E-state index contributed by atoms with van der Waals surface area (Å²) in [5.41, 5.74) is 9.99. The molecule has 1 heterocycles. The minimum Gasteiger partial charge on any atom is -0.327 e. The van der Waals surface area contributed by atoms with E-state index in [1.807, 2.05) is 0 Å². The van der Waals surface area contributed by atoms with Gasteiger partial charge in [0.25, 0.3) is 0 Å². The molecule has 3 rings (SSSR count). The number of benzene rings is 1. The lowest BCUT2D eigenvalue weighted by atomic mass is 9.88.